The van der Waals surface area contributed by atoms with Gasteiger partial charge in [0.25, 0.3) is 0 Å². The molecule has 1 saturated heterocycles. The van der Waals surface area contributed by atoms with Crippen molar-refractivity contribution in [3.8, 4) is 23.1 Å². The van der Waals surface area contributed by atoms with Crippen LogP contribution in [0.4, 0.5) is 24.8 Å². The van der Waals surface area contributed by atoms with Gasteiger partial charge in [0.2, 0.25) is 5.88 Å². The van der Waals surface area contributed by atoms with E-state index < -0.39 is 29.8 Å². The smallest absolute Gasteiger partial charge is 0.318 e. The number of methoxy groups -OCH3 is 1. The number of nitrogens with two attached hydrogens (primary N) is 1. The highest BCUT2D eigenvalue weighted by Gasteiger charge is 2.43. The number of anilines is 2. The molecule has 2 aliphatic heterocycles. The first-order chi connectivity index (χ1) is 22.6. The highest BCUT2D eigenvalue weighted by Crippen LogP contribution is 2.53. The van der Waals surface area contributed by atoms with Gasteiger partial charge in [0.1, 0.15) is 46.8 Å². The quantitative estimate of drug-likeness (QED) is 0.231. The molecule has 1 aliphatic carbocycles. The van der Waals surface area contributed by atoms with Gasteiger partial charge >= 0.3 is 6.01 Å². The number of hydrogen-bond donors (Lipinski definition) is 2. The van der Waals surface area contributed by atoms with E-state index in [2.05, 4.69) is 42.1 Å². The van der Waals surface area contributed by atoms with Crippen LogP contribution in [-0.2, 0) is 0 Å². The largest absolute Gasteiger partial charge is 0.475 e. The van der Waals surface area contributed by atoms with E-state index in [0.29, 0.717) is 27.6 Å². The minimum absolute atomic E-state index is 0.0705. The van der Waals surface area contributed by atoms with Crippen LogP contribution in [0.1, 0.15) is 49.8 Å². The van der Waals surface area contributed by atoms with Gasteiger partial charge in [-0.05, 0) is 64.5 Å². The lowest BCUT2D eigenvalue weighted by atomic mass is 9.95. The number of pyridine rings is 2. The Labute approximate surface area is 273 Å². The molecule has 4 aromatic heterocycles. The highest BCUT2D eigenvalue weighted by atomic mass is 35.5. The number of H-pyrrole nitrogens is 1. The van der Waals surface area contributed by atoms with E-state index in [1.165, 1.54) is 38.9 Å². The molecule has 0 radical (unpaired) electrons. The SMILES string of the molecule is CN1CCC1.COc1nc2c3c(nc(-c4c(C5C[C@H]5F)c(Cl)cc5[nH]ncc45)c(F)c3n1)OC[C@H](C)N2C(C)c1cc(F)cnc1N. The molecule has 1 aromatic carbocycles. The Balaban J connectivity index is 0.000000644. The topological polar surface area (TPSA) is 131 Å². The van der Waals surface area contributed by atoms with Crippen LogP contribution in [0.25, 0.3) is 33.1 Å². The maximum Gasteiger partial charge on any atom is 0.318 e. The highest BCUT2D eigenvalue weighted by molar-refractivity contribution is 6.33. The Morgan fingerprint density at radius 3 is 2.57 bits per heavy atom. The number of ether oxygens (including phenoxy) is 2. The normalized spacial score (nSPS) is 21.0. The molecule has 4 atom stereocenters. The van der Waals surface area contributed by atoms with Gasteiger partial charge in [-0.2, -0.15) is 15.1 Å². The van der Waals surface area contributed by atoms with Crippen LogP contribution in [0.3, 0.4) is 0 Å². The van der Waals surface area contributed by atoms with Gasteiger partial charge in [-0.15, -0.1) is 0 Å². The number of halogens is 4. The summed E-state index contributed by atoms with van der Waals surface area (Å²) in [7, 11) is 3.51. The Kier molecular flexibility index (Phi) is 7.95. The number of aromatic nitrogens is 6. The van der Waals surface area contributed by atoms with E-state index in [-0.39, 0.29) is 64.2 Å². The zero-order valence-corrected chi connectivity index (χ0v) is 26.9. The van der Waals surface area contributed by atoms with Gasteiger partial charge in [0, 0.05) is 27.5 Å². The third kappa shape index (κ3) is 5.42. The molecule has 3 aliphatic rings. The Morgan fingerprint density at radius 2 is 1.91 bits per heavy atom. The van der Waals surface area contributed by atoms with E-state index >= 15 is 4.39 Å². The molecular formula is C32H33ClF3N9O2. The molecule has 0 bridgehead atoms. The number of nitrogens with zero attached hydrogens (tertiary/aromatic N) is 7. The fourth-order valence-corrected chi connectivity index (χ4v) is 6.63. The first-order valence-electron chi connectivity index (χ1n) is 15.3. The number of benzene rings is 1. The summed E-state index contributed by atoms with van der Waals surface area (Å²) >= 11 is 6.63. The van der Waals surface area contributed by atoms with Crippen LogP contribution in [0.5, 0.6) is 11.9 Å². The molecule has 0 spiro atoms. The summed E-state index contributed by atoms with van der Waals surface area (Å²) in [4.78, 5) is 21.7. The fraction of sp³-hybridized carbons (Fsp3) is 0.406. The van der Waals surface area contributed by atoms with Crippen molar-refractivity contribution >= 4 is 45.0 Å². The molecule has 2 unspecified atom stereocenters. The maximum absolute atomic E-state index is 16.8. The molecule has 6 heterocycles. The number of rotatable bonds is 5. The second-order valence-electron chi connectivity index (χ2n) is 12.2. The minimum atomic E-state index is -1.11. The van der Waals surface area contributed by atoms with Crippen LogP contribution >= 0.6 is 11.6 Å². The molecular weight excluding hydrogens is 635 g/mol. The summed E-state index contributed by atoms with van der Waals surface area (Å²) in [5.41, 5.74) is 7.61. The summed E-state index contributed by atoms with van der Waals surface area (Å²) in [6.07, 6.45) is 3.13. The second kappa shape index (κ2) is 12.0. The average molecular weight is 668 g/mol. The minimum Gasteiger partial charge on any atom is -0.475 e. The number of hydrogen-bond acceptors (Lipinski definition) is 10. The number of fused-ring (bicyclic) bond motifs is 1. The van der Waals surface area contributed by atoms with Gasteiger partial charge in [0.15, 0.2) is 5.82 Å². The van der Waals surface area contributed by atoms with Crippen molar-refractivity contribution in [2.75, 3.05) is 44.5 Å². The van der Waals surface area contributed by atoms with Crippen LogP contribution in [-0.4, -0.2) is 81.1 Å². The molecule has 47 heavy (non-hydrogen) atoms. The zero-order chi connectivity index (χ0) is 33.1. The van der Waals surface area contributed by atoms with Crippen molar-refractivity contribution in [3.63, 3.8) is 0 Å². The van der Waals surface area contributed by atoms with E-state index in [4.69, 9.17) is 26.8 Å². The number of likely N-dealkylation sites (tertiary alicyclic amines) is 1. The summed E-state index contributed by atoms with van der Waals surface area (Å²) in [6.45, 7) is 6.43. The third-order valence-electron chi connectivity index (χ3n) is 8.99. The number of aromatic amines is 1. The van der Waals surface area contributed by atoms with Crippen LogP contribution < -0.4 is 20.1 Å². The maximum atomic E-state index is 16.8. The lowest BCUT2D eigenvalue weighted by molar-refractivity contribution is 0.229. The van der Waals surface area contributed by atoms with Crippen LogP contribution in [0.2, 0.25) is 5.02 Å². The van der Waals surface area contributed by atoms with E-state index in [0.717, 1.165) is 6.20 Å². The molecule has 0 amide bonds. The first-order valence-corrected chi connectivity index (χ1v) is 15.7. The fourth-order valence-electron chi connectivity index (χ4n) is 6.28. The predicted octanol–water partition coefficient (Wildman–Crippen LogP) is 5.98. The Hall–Kier alpha value is -4.43. The molecule has 3 N–H and O–H groups in total. The Morgan fingerprint density at radius 1 is 1.17 bits per heavy atom. The number of nitrogen functional groups attached to an aromatic ring is 1. The summed E-state index contributed by atoms with van der Waals surface area (Å²) in [6, 6.07) is 1.91. The lowest BCUT2D eigenvalue weighted by Gasteiger charge is -2.34. The number of alkyl halides is 1. The molecule has 246 valence electrons. The van der Waals surface area contributed by atoms with Crippen molar-refractivity contribution in [3.05, 3.63) is 52.3 Å². The molecule has 1 saturated carbocycles. The third-order valence-corrected chi connectivity index (χ3v) is 9.31. The van der Waals surface area contributed by atoms with Crippen LogP contribution in [0, 0.1) is 11.6 Å². The van der Waals surface area contributed by atoms with Gasteiger partial charge < -0.3 is 25.0 Å². The number of nitrogens with one attached hydrogen (secondary N) is 1. The summed E-state index contributed by atoms with van der Waals surface area (Å²) in [5, 5.41) is 7.94. The molecule has 8 rings (SSSR count). The van der Waals surface area contributed by atoms with Crippen molar-refractivity contribution in [1.29, 1.82) is 0 Å². The van der Waals surface area contributed by atoms with Gasteiger partial charge in [-0.1, -0.05) is 11.6 Å². The van der Waals surface area contributed by atoms with E-state index in [1.807, 2.05) is 18.7 Å². The lowest BCUT2D eigenvalue weighted by Crippen LogP contribution is -2.39. The van der Waals surface area contributed by atoms with Crippen LogP contribution in [0.15, 0.2) is 24.5 Å². The first kappa shape index (κ1) is 31.2. The summed E-state index contributed by atoms with van der Waals surface area (Å²) in [5.74, 6) is -1.39. The zero-order valence-electron chi connectivity index (χ0n) is 26.2. The molecule has 15 heteroatoms. The van der Waals surface area contributed by atoms with E-state index in [1.54, 1.807) is 6.07 Å². The molecule has 2 fully saturated rings. The second-order valence-corrected chi connectivity index (χ2v) is 12.6. The Bertz CT molecular complexity index is 2010. The van der Waals surface area contributed by atoms with Gasteiger partial charge in [-0.3, -0.25) is 5.10 Å². The van der Waals surface area contributed by atoms with Crippen molar-refractivity contribution < 1.29 is 22.6 Å². The van der Waals surface area contributed by atoms with Crippen molar-refractivity contribution in [2.24, 2.45) is 0 Å². The molecule has 11 nitrogen and oxygen atoms in total. The van der Waals surface area contributed by atoms with Crippen molar-refractivity contribution in [1.82, 2.24) is 35.0 Å². The average Bonchev–Trinajstić information content (AvgIpc) is 3.61. The summed E-state index contributed by atoms with van der Waals surface area (Å²) < 4.78 is 57.0. The monoisotopic (exact) mass is 667 g/mol. The van der Waals surface area contributed by atoms with Crippen molar-refractivity contribution in [2.45, 2.75) is 50.9 Å². The van der Waals surface area contributed by atoms with E-state index in [9.17, 15) is 8.78 Å². The molecule has 5 aromatic rings. The van der Waals surface area contributed by atoms with Gasteiger partial charge in [0.05, 0.1) is 37.1 Å². The van der Waals surface area contributed by atoms with Gasteiger partial charge in [-0.25, -0.2) is 23.1 Å². The predicted molar refractivity (Wildman–Crippen MR) is 173 cm³/mol. The standard InChI is InChI=1S/C28H24ClF3N8O2.C4H9N/c1-10-9-42-27-21-24(37-28(41-3)38-26(21)40(10)11(2)13-4-12(30)7-34-25(13)33)22(32)23(36-27)20-15-8-35-39-18(15)6-16(29)19(20)14-5-17(14)31;1-5-3-2-4-5/h4,6-8,10-11,14,17H,5,9H2,1-3H3,(H2,33,34)(H,35,39);2-4H2,1H3/t10-,11?,14?,17+;/m0./s1.